The lowest BCUT2D eigenvalue weighted by Gasteiger charge is -2.39. The van der Waals surface area contributed by atoms with Gasteiger partial charge in [-0.2, -0.15) is 0 Å². The number of pyridine rings is 1. The Kier molecular flexibility index (Phi) is 4.31. The predicted molar refractivity (Wildman–Crippen MR) is 82.6 cm³/mol. The van der Waals surface area contributed by atoms with Crippen molar-refractivity contribution in [2.45, 2.75) is 26.1 Å². The van der Waals surface area contributed by atoms with E-state index in [1.807, 2.05) is 24.7 Å². The molecule has 112 valence electrons. The summed E-state index contributed by atoms with van der Waals surface area (Å²) in [7, 11) is 2.06. The van der Waals surface area contributed by atoms with Gasteiger partial charge in [-0.3, -0.25) is 14.8 Å². The van der Waals surface area contributed by atoms with Crippen LogP contribution in [0, 0.1) is 0 Å². The number of aromatic nitrogens is 3. The zero-order valence-electron chi connectivity index (χ0n) is 12.8. The highest BCUT2D eigenvalue weighted by Gasteiger charge is 2.24. The van der Waals surface area contributed by atoms with Crippen molar-refractivity contribution in [1.29, 1.82) is 0 Å². The molecule has 0 amide bonds. The molecule has 1 fully saturated rings. The van der Waals surface area contributed by atoms with Gasteiger partial charge in [0.05, 0.1) is 12.2 Å². The maximum Gasteiger partial charge on any atom is 0.122 e. The van der Waals surface area contributed by atoms with E-state index in [2.05, 4.69) is 50.4 Å². The molecule has 0 aliphatic carbocycles. The largest absolute Gasteiger partial charge is 0.337 e. The third kappa shape index (κ3) is 3.49. The van der Waals surface area contributed by atoms with E-state index in [0.29, 0.717) is 6.04 Å². The van der Waals surface area contributed by atoms with Crippen molar-refractivity contribution in [2.24, 2.45) is 7.05 Å². The lowest BCUT2D eigenvalue weighted by molar-refractivity contribution is 0.0700. The number of rotatable bonds is 4. The normalized spacial score (nSPS) is 20.8. The van der Waals surface area contributed by atoms with Crippen LogP contribution in [0.4, 0.5) is 0 Å². The summed E-state index contributed by atoms with van der Waals surface area (Å²) in [6.45, 7) is 7.43. The molecule has 1 atom stereocenters. The van der Waals surface area contributed by atoms with Gasteiger partial charge in [-0.15, -0.1) is 0 Å². The standard InChI is InChI=1S/C16H23N5/c1-14-11-20(12-15-5-3-4-6-17-15)9-10-21(14)13-16-18-7-8-19(16)2/h3-8,14H,9-13H2,1-2H3/t14-/m1/s1. The van der Waals surface area contributed by atoms with Crippen molar-refractivity contribution in [3.05, 3.63) is 48.3 Å². The molecule has 2 aromatic heterocycles. The first-order valence-corrected chi connectivity index (χ1v) is 7.55. The van der Waals surface area contributed by atoms with Crippen molar-refractivity contribution >= 4 is 0 Å². The Morgan fingerprint density at radius 1 is 1.14 bits per heavy atom. The van der Waals surface area contributed by atoms with Crippen LogP contribution in [0.15, 0.2) is 36.8 Å². The fraction of sp³-hybridized carbons (Fsp3) is 0.500. The van der Waals surface area contributed by atoms with E-state index in [-0.39, 0.29) is 0 Å². The zero-order chi connectivity index (χ0) is 14.7. The smallest absolute Gasteiger partial charge is 0.122 e. The Hall–Kier alpha value is -1.72. The maximum atomic E-state index is 4.43. The highest BCUT2D eigenvalue weighted by atomic mass is 15.3. The average molecular weight is 285 g/mol. The molecular weight excluding hydrogens is 262 g/mol. The van der Waals surface area contributed by atoms with E-state index in [9.17, 15) is 0 Å². The fourth-order valence-electron chi connectivity index (χ4n) is 2.90. The van der Waals surface area contributed by atoms with Crippen molar-refractivity contribution in [3.63, 3.8) is 0 Å². The molecule has 0 spiro atoms. The summed E-state index contributed by atoms with van der Waals surface area (Å²) >= 11 is 0. The van der Waals surface area contributed by atoms with Gasteiger partial charge < -0.3 is 4.57 Å². The first-order valence-electron chi connectivity index (χ1n) is 7.55. The molecule has 0 saturated carbocycles. The third-order valence-electron chi connectivity index (χ3n) is 4.23. The van der Waals surface area contributed by atoms with Gasteiger partial charge in [0, 0.05) is 57.9 Å². The molecule has 1 aliphatic heterocycles. The number of hydrogen-bond donors (Lipinski definition) is 0. The minimum atomic E-state index is 0.541. The molecule has 3 rings (SSSR count). The summed E-state index contributed by atoms with van der Waals surface area (Å²) in [5, 5.41) is 0. The monoisotopic (exact) mass is 285 g/mol. The molecule has 5 nitrogen and oxygen atoms in total. The van der Waals surface area contributed by atoms with Gasteiger partial charge in [0.15, 0.2) is 0 Å². The van der Waals surface area contributed by atoms with Crippen molar-refractivity contribution in [3.8, 4) is 0 Å². The predicted octanol–water partition coefficient (Wildman–Crippen LogP) is 1.52. The quantitative estimate of drug-likeness (QED) is 0.853. The summed E-state index contributed by atoms with van der Waals surface area (Å²) in [5.74, 6) is 1.14. The first-order chi connectivity index (χ1) is 10.2. The topological polar surface area (TPSA) is 37.2 Å². The highest BCUT2D eigenvalue weighted by Crippen LogP contribution is 2.14. The minimum absolute atomic E-state index is 0.541. The second-order valence-electron chi connectivity index (χ2n) is 5.83. The molecule has 1 aliphatic rings. The highest BCUT2D eigenvalue weighted by molar-refractivity contribution is 5.03. The van der Waals surface area contributed by atoms with Crippen LogP contribution >= 0.6 is 0 Å². The summed E-state index contributed by atoms with van der Waals surface area (Å²) in [4.78, 5) is 13.8. The van der Waals surface area contributed by atoms with E-state index in [0.717, 1.165) is 44.2 Å². The first kappa shape index (κ1) is 14.2. The molecule has 2 aromatic rings. The number of hydrogen-bond acceptors (Lipinski definition) is 4. The minimum Gasteiger partial charge on any atom is -0.337 e. The summed E-state index contributed by atoms with van der Waals surface area (Å²) < 4.78 is 2.10. The lowest BCUT2D eigenvalue weighted by Crippen LogP contribution is -2.51. The second-order valence-corrected chi connectivity index (χ2v) is 5.83. The SMILES string of the molecule is C[C@@H]1CN(Cc2ccccn2)CCN1Cc1nccn1C. The number of aryl methyl sites for hydroxylation is 1. The van der Waals surface area contributed by atoms with Crippen LogP contribution in [0.3, 0.4) is 0 Å². The zero-order valence-corrected chi connectivity index (χ0v) is 12.8. The number of nitrogens with zero attached hydrogens (tertiary/aromatic N) is 5. The van der Waals surface area contributed by atoms with Gasteiger partial charge in [0.1, 0.15) is 5.82 Å². The van der Waals surface area contributed by atoms with E-state index < -0.39 is 0 Å². The number of imidazole rings is 1. The van der Waals surface area contributed by atoms with Crippen LogP contribution in [0.1, 0.15) is 18.4 Å². The Labute approximate surface area is 126 Å². The summed E-state index contributed by atoms with van der Waals surface area (Å²) in [6.07, 6.45) is 5.75. The Bertz CT molecular complexity index is 565. The Morgan fingerprint density at radius 2 is 2.05 bits per heavy atom. The molecule has 3 heterocycles. The van der Waals surface area contributed by atoms with Gasteiger partial charge in [0.25, 0.3) is 0 Å². The van der Waals surface area contributed by atoms with E-state index >= 15 is 0 Å². The molecule has 0 aromatic carbocycles. The summed E-state index contributed by atoms with van der Waals surface area (Å²) in [6, 6.07) is 6.67. The van der Waals surface area contributed by atoms with Crippen molar-refractivity contribution in [1.82, 2.24) is 24.3 Å². The maximum absolute atomic E-state index is 4.43. The van der Waals surface area contributed by atoms with Gasteiger partial charge >= 0.3 is 0 Å². The Morgan fingerprint density at radius 3 is 2.71 bits per heavy atom. The molecule has 21 heavy (non-hydrogen) atoms. The van der Waals surface area contributed by atoms with Gasteiger partial charge in [-0.05, 0) is 19.1 Å². The van der Waals surface area contributed by atoms with Crippen LogP contribution in [-0.2, 0) is 20.1 Å². The summed E-state index contributed by atoms with van der Waals surface area (Å²) in [5.41, 5.74) is 1.15. The molecular formula is C16H23N5. The lowest BCUT2D eigenvalue weighted by atomic mass is 10.1. The number of piperazine rings is 1. The van der Waals surface area contributed by atoms with Gasteiger partial charge in [-0.25, -0.2) is 4.98 Å². The molecule has 0 radical (unpaired) electrons. The van der Waals surface area contributed by atoms with E-state index in [1.165, 1.54) is 0 Å². The third-order valence-corrected chi connectivity index (χ3v) is 4.23. The van der Waals surface area contributed by atoms with Crippen LogP contribution in [0.5, 0.6) is 0 Å². The van der Waals surface area contributed by atoms with Crippen LogP contribution in [0.25, 0.3) is 0 Å². The van der Waals surface area contributed by atoms with E-state index in [1.54, 1.807) is 0 Å². The molecule has 0 bridgehead atoms. The van der Waals surface area contributed by atoms with Crippen LogP contribution in [-0.4, -0.2) is 50.0 Å². The molecule has 0 unspecified atom stereocenters. The fourth-order valence-corrected chi connectivity index (χ4v) is 2.90. The van der Waals surface area contributed by atoms with Crippen LogP contribution in [0.2, 0.25) is 0 Å². The van der Waals surface area contributed by atoms with E-state index in [4.69, 9.17) is 0 Å². The Balaban J connectivity index is 1.56. The van der Waals surface area contributed by atoms with Crippen molar-refractivity contribution in [2.75, 3.05) is 19.6 Å². The average Bonchev–Trinajstić information content (AvgIpc) is 2.88. The molecule has 5 heteroatoms. The van der Waals surface area contributed by atoms with Crippen molar-refractivity contribution < 1.29 is 0 Å². The van der Waals surface area contributed by atoms with Crippen LogP contribution < -0.4 is 0 Å². The molecule has 1 saturated heterocycles. The molecule has 0 N–H and O–H groups in total. The van der Waals surface area contributed by atoms with Gasteiger partial charge in [-0.1, -0.05) is 6.07 Å². The second kappa shape index (κ2) is 6.37. The van der Waals surface area contributed by atoms with Gasteiger partial charge in [0.2, 0.25) is 0 Å².